The average Bonchev–Trinajstić information content (AvgIpc) is 2.98. The molecule has 0 radical (unpaired) electrons. The molecule has 0 saturated carbocycles. The van der Waals surface area contributed by atoms with Gasteiger partial charge < -0.3 is 4.74 Å². The molecule has 1 heterocycles. The third-order valence-electron chi connectivity index (χ3n) is 2.78. The van der Waals surface area contributed by atoms with Crippen molar-refractivity contribution in [3.8, 4) is 5.75 Å². The second-order valence-corrected chi connectivity index (χ2v) is 6.88. The van der Waals surface area contributed by atoms with E-state index < -0.39 is 0 Å². The number of hydrogen-bond donors (Lipinski definition) is 1. The molecule has 0 atom stereocenters. The normalized spacial score (nSPS) is 10.5. The molecule has 0 aliphatic heterocycles. The largest absolute Gasteiger partial charge is 0.484 e. The summed E-state index contributed by atoms with van der Waals surface area (Å²) < 4.78 is 6.32. The highest BCUT2D eigenvalue weighted by molar-refractivity contribution is 8.01. The second kappa shape index (κ2) is 8.75. The molecule has 5 nitrogen and oxygen atoms in total. The van der Waals surface area contributed by atoms with Crippen molar-refractivity contribution in [2.75, 3.05) is 17.7 Å². The Morgan fingerprint density at radius 3 is 2.73 bits per heavy atom. The molecule has 1 N–H and O–H groups in total. The highest BCUT2D eigenvalue weighted by atomic mass is 32.2. The van der Waals surface area contributed by atoms with Crippen LogP contribution in [0.1, 0.15) is 25.8 Å². The first-order chi connectivity index (χ1) is 10.7. The van der Waals surface area contributed by atoms with Crippen molar-refractivity contribution in [3.63, 3.8) is 0 Å². The summed E-state index contributed by atoms with van der Waals surface area (Å²) in [5.41, 5.74) is 1.24. The lowest BCUT2D eigenvalue weighted by molar-refractivity contribution is -0.118. The SMILES string of the molecule is CCCSc1nnc(NC(=O)COc2ccc(CC)cc2)s1. The molecule has 2 rings (SSSR count). The molecule has 22 heavy (non-hydrogen) atoms. The monoisotopic (exact) mass is 337 g/mol. The lowest BCUT2D eigenvalue weighted by Gasteiger charge is -2.06. The molecule has 0 spiro atoms. The summed E-state index contributed by atoms with van der Waals surface area (Å²) in [6, 6.07) is 7.73. The first-order valence-corrected chi connectivity index (χ1v) is 8.99. The van der Waals surface area contributed by atoms with Crippen LogP contribution in [0.25, 0.3) is 0 Å². The molecule has 2 aromatic rings. The summed E-state index contributed by atoms with van der Waals surface area (Å²) in [7, 11) is 0. The molecule has 0 aliphatic carbocycles. The Balaban J connectivity index is 1.78. The van der Waals surface area contributed by atoms with Gasteiger partial charge in [-0.05, 0) is 30.5 Å². The van der Waals surface area contributed by atoms with Gasteiger partial charge in [0, 0.05) is 5.75 Å². The van der Waals surface area contributed by atoms with Crippen LogP contribution < -0.4 is 10.1 Å². The number of ether oxygens (including phenoxy) is 1. The molecule has 0 unspecified atom stereocenters. The summed E-state index contributed by atoms with van der Waals surface area (Å²) in [4.78, 5) is 11.8. The molecule has 0 saturated heterocycles. The molecule has 1 aromatic heterocycles. The van der Waals surface area contributed by atoms with Crippen molar-refractivity contribution in [1.29, 1.82) is 0 Å². The van der Waals surface area contributed by atoms with E-state index in [-0.39, 0.29) is 12.5 Å². The summed E-state index contributed by atoms with van der Waals surface area (Å²) in [5, 5.41) is 11.2. The lowest BCUT2D eigenvalue weighted by atomic mass is 10.2. The van der Waals surface area contributed by atoms with Gasteiger partial charge in [-0.15, -0.1) is 10.2 Å². The van der Waals surface area contributed by atoms with Gasteiger partial charge in [0.15, 0.2) is 10.9 Å². The minimum atomic E-state index is -0.234. The fraction of sp³-hybridized carbons (Fsp3) is 0.400. The van der Waals surface area contributed by atoms with Crippen LogP contribution >= 0.6 is 23.1 Å². The molecule has 0 fully saturated rings. The minimum Gasteiger partial charge on any atom is -0.484 e. The van der Waals surface area contributed by atoms with Crippen LogP contribution in [0.4, 0.5) is 5.13 Å². The summed E-state index contributed by atoms with van der Waals surface area (Å²) >= 11 is 3.03. The molecule has 1 aromatic carbocycles. The van der Waals surface area contributed by atoms with E-state index in [0.29, 0.717) is 10.9 Å². The predicted octanol–water partition coefficient (Wildman–Crippen LogP) is 3.62. The number of anilines is 1. The summed E-state index contributed by atoms with van der Waals surface area (Å²) in [6.07, 6.45) is 2.06. The van der Waals surface area contributed by atoms with E-state index in [2.05, 4.69) is 29.4 Å². The van der Waals surface area contributed by atoms with Crippen molar-refractivity contribution in [3.05, 3.63) is 29.8 Å². The number of thioether (sulfide) groups is 1. The van der Waals surface area contributed by atoms with E-state index in [4.69, 9.17) is 4.74 Å². The standard InChI is InChI=1S/C15H19N3O2S2/c1-3-9-21-15-18-17-14(22-15)16-13(19)10-20-12-7-5-11(4-2)6-8-12/h5-8H,3-4,9-10H2,1-2H3,(H,16,17,19). The number of nitrogens with one attached hydrogen (secondary N) is 1. The van der Waals surface area contributed by atoms with Crippen LogP contribution in [0.15, 0.2) is 28.6 Å². The van der Waals surface area contributed by atoms with E-state index in [1.165, 1.54) is 16.9 Å². The average molecular weight is 337 g/mol. The van der Waals surface area contributed by atoms with Crippen molar-refractivity contribution in [1.82, 2.24) is 10.2 Å². The molecule has 0 aliphatic rings. The third-order valence-corrected chi connectivity index (χ3v) is 4.96. The van der Waals surface area contributed by atoms with E-state index in [1.54, 1.807) is 11.8 Å². The number of carbonyl (C=O) groups excluding carboxylic acids is 1. The summed E-state index contributed by atoms with van der Waals surface area (Å²) in [5.74, 6) is 1.45. The van der Waals surface area contributed by atoms with Gasteiger partial charge in [-0.25, -0.2) is 0 Å². The molecule has 7 heteroatoms. The van der Waals surface area contributed by atoms with Gasteiger partial charge in [0.05, 0.1) is 0 Å². The first kappa shape index (κ1) is 16.8. The van der Waals surface area contributed by atoms with Crippen molar-refractivity contribution in [2.24, 2.45) is 0 Å². The number of hydrogen-bond acceptors (Lipinski definition) is 6. The van der Waals surface area contributed by atoms with Crippen LogP contribution in [0.5, 0.6) is 5.75 Å². The van der Waals surface area contributed by atoms with Gasteiger partial charge in [0.2, 0.25) is 5.13 Å². The number of aromatic nitrogens is 2. The van der Waals surface area contributed by atoms with Crippen LogP contribution in [-0.2, 0) is 11.2 Å². The quantitative estimate of drug-likeness (QED) is 0.589. The van der Waals surface area contributed by atoms with Gasteiger partial charge in [-0.3, -0.25) is 10.1 Å². The number of nitrogens with zero attached hydrogens (tertiary/aromatic N) is 2. The molecular weight excluding hydrogens is 318 g/mol. The van der Waals surface area contributed by atoms with Crippen molar-refractivity contribution < 1.29 is 9.53 Å². The topological polar surface area (TPSA) is 64.1 Å². The number of benzene rings is 1. The maximum atomic E-state index is 11.8. The van der Waals surface area contributed by atoms with Gasteiger partial charge in [-0.1, -0.05) is 49.1 Å². The van der Waals surface area contributed by atoms with Crippen molar-refractivity contribution >= 4 is 34.1 Å². The maximum absolute atomic E-state index is 11.8. The van der Waals surface area contributed by atoms with Crippen LogP contribution in [0.2, 0.25) is 0 Å². The zero-order valence-corrected chi connectivity index (χ0v) is 14.3. The fourth-order valence-electron chi connectivity index (χ4n) is 1.63. The van der Waals surface area contributed by atoms with Crippen LogP contribution in [-0.4, -0.2) is 28.5 Å². The minimum absolute atomic E-state index is 0.0392. The van der Waals surface area contributed by atoms with Gasteiger partial charge in [0.1, 0.15) is 5.75 Å². The summed E-state index contributed by atoms with van der Waals surface area (Å²) in [6.45, 7) is 4.17. The highest BCUT2D eigenvalue weighted by Gasteiger charge is 2.09. The van der Waals surface area contributed by atoms with Crippen LogP contribution in [0.3, 0.4) is 0 Å². The zero-order chi connectivity index (χ0) is 15.8. The predicted molar refractivity (Wildman–Crippen MR) is 90.9 cm³/mol. The maximum Gasteiger partial charge on any atom is 0.264 e. The fourth-order valence-corrected chi connectivity index (χ4v) is 3.33. The van der Waals surface area contributed by atoms with E-state index in [9.17, 15) is 4.79 Å². The Morgan fingerprint density at radius 2 is 2.05 bits per heavy atom. The first-order valence-electron chi connectivity index (χ1n) is 7.19. The lowest BCUT2D eigenvalue weighted by Crippen LogP contribution is -2.20. The molecule has 118 valence electrons. The van der Waals surface area contributed by atoms with Crippen molar-refractivity contribution in [2.45, 2.75) is 31.0 Å². The Kier molecular flexibility index (Phi) is 6.67. The molecular formula is C15H19N3O2S2. The Bertz CT molecular complexity index is 599. The Morgan fingerprint density at radius 1 is 1.27 bits per heavy atom. The van der Waals surface area contributed by atoms with Gasteiger partial charge in [-0.2, -0.15) is 0 Å². The smallest absolute Gasteiger partial charge is 0.264 e. The number of amides is 1. The molecule has 1 amide bonds. The Hall–Kier alpha value is -1.60. The highest BCUT2D eigenvalue weighted by Crippen LogP contribution is 2.25. The van der Waals surface area contributed by atoms with Crippen LogP contribution in [0, 0.1) is 0 Å². The zero-order valence-electron chi connectivity index (χ0n) is 12.7. The number of carbonyl (C=O) groups is 1. The second-order valence-electron chi connectivity index (χ2n) is 4.56. The van der Waals surface area contributed by atoms with E-state index in [0.717, 1.165) is 22.9 Å². The van der Waals surface area contributed by atoms with E-state index in [1.807, 2.05) is 24.3 Å². The van der Waals surface area contributed by atoms with E-state index >= 15 is 0 Å². The molecule has 0 bridgehead atoms. The number of rotatable bonds is 8. The Labute approximate surface area is 138 Å². The van der Waals surface area contributed by atoms with Gasteiger partial charge in [0.25, 0.3) is 5.91 Å². The third kappa shape index (κ3) is 5.31. The van der Waals surface area contributed by atoms with Gasteiger partial charge >= 0.3 is 0 Å². The number of aryl methyl sites for hydroxylation is 1.